The Kier molecular flexibility index (Phi) is 7.18. The SMILES string of the molecule is COCCNC(=O)C[C@H]1C[C@@H]2c3cc(NS(=O)(=O)c4ccccc4)ccc3O[C@@H]2[C@H](CO)O1. The number of nitrogens with one attached hydrogen (secondary N) is 2. The van der Waals surface area contributed by atoms with E-state index < -0.39 is 28.3 Å². The Balaban J connectivity index is 1.51. The number of hydrogen-bond donors (Lipinski definition) is 3. The molecule has 0 aromatic heterocycles. The maximum absolute atomic E-state index is 12.7. The molecule has 4 atom stereocenters. The average molecular weight is 477 g/mol. The van der Waals surface area contributed by atoms with Crippen molar-refractivity contribution in [3.05, 3.63) is 54.1 Å². The molecular formula is C23H28N2O7S. The van der Waals surface area contributed by atoms with Crippen LogP contribution < -0.4 is 14.8 Å². The van der Waals surface area contributed by atoms with E-state index in [2.05, 4.69) is 10.0 Å². The Morgan fingerprint density at radius 2 is 2.00 bits per heavy atom. The van der Waals surface area contributed by atoms with Crippen molar-refractivity contribution in [3.63, 3.8) is 0 Å². The zero-order valence-corrected chi connectivity index (χ0v) is 19.1. The van der Waals surface area contributed by atoms with Crippen LogP contribution in [0.15, 0.2) is 53.4 Å². The van der Waals surface area contributed by atoms with Gasteiger partial charge < -0.3 is 24.6 Å². The molecule has 0 unspecified atom stereocenters. The fourth-order valence-electron chi connectivity index (χ4n) is 4.34. The fourth-order valence-corrected chi connectivity index (χ4v) is 5.41. The summed E-state index contributed by atoms with van der Waals surface area (Å²) in [7, 11) is -2.17. The van der Waals surface area contributed by atoms with Gasteiger partial charge in [-0.05, 0) is 36.8 Å². The summed E-state index contributed by atoms with van der Waals surface area (Å²) in [5, 5.41) is 12.6. The molecule has 0 bridgehead atoms. The molecule has 1 amide bonds. The Morgan fingerprint density at radius 1 is 1.21 bits per heavy atom. The minimum Gasteiger partial charge on any atom is -0.487 e. The van der Waals surface area contributed by atoms with Gasteiger partial charge in [0.2, 0.25) is 5.91 Å². The largest absolute Gasteiger partial charge is 0.487 e. The highest BCUT2D eigenvalue weighted by Gasteiger charge is 2.46. The molecule has 0 spiro atoms. The molecular weight excluding hydrogens is 448 g/mol. The second kappa shape index (κ2) is 10.1. The van der Waals surface area contributed by atoms with Gasteiger partial charge in [0.1, 0.15) is 18.0 Å². The minimum atomic E-state index is -3.73. The van der Waals surface area contributed by atoms with Crippen molar-refractivity contribution in [3.8, 4) is 5.75 Å². The highest BCUT2D eigenvalue weighted by atomic mass is 32.2. The van der Waals surface area contributed by atoms with Crippen molar-refractivity contribution in [2.75, 3.05) is 31.6 Å². The molecule has 33 heavy (non-hydrogen) atoms. The van der Waals surface area contributed by atoms with Crippen LogP contribution in [0.4, 0.5) is 5.69 Å². The van der Waals surface area contributed by atoms with E-state index in [-0.39, 0.29) is 29.7 Å². The number of anilines is 1. The molecule has 178 valence electrons. The Bertz CT molecular complexity index is 1080. The molecule has 0 saturated carbocycles. The minimum absolute atomic E-state index is 0.135. The summed E-state index contributed by atoms with van der Waals surface area (Å²) in [6, 6.07) is 13.3. The quantitative estimate of drug-likeness (QED) is 0.470. The third-order valence-electron chi connectivity index (χ3n) is 5.85. The summed E-state index contributed by atoms with van der Waals surface area (Å²) in [4.78, 5) is 12.4. The van der Waals surface area contributed by atoms with Crippen molar-refractivity contribution in [2.45, 2.75) is 42.0 Å². The summed E-state index contributed by atoms with van der Waals surface area (Å²) < 4.78 is 45.0. The van der Waals surface area contributed by atoms with E-state index >= 15 is 0 Å². The highest BCUT2D eigenvalue weighted by molar-refractivity contribution is 7.92. The molecule has 3 N–H and O–H groups in total. The zero-order chi connectivity index (χ0) is 23.4. The number of benzene rings is 2. The standard InChI is InChI=1S/C23H28N2O7S/c1-30-10-9-24-22(27)13-16-12-19-18-11-15(25-33(28,29)17-5-3-2-4-6-17)7-8-20(18)32-23(19)21(14-26)31-16/h2-8,11,16,19,21,23,25-26H,9-10,12-14H2,1H3,(H,24,27)/t16-,19-,21+,23+/m1/s1. The number of carbonyl (C=O) groups is 1. The van der Waals surface area contributed by atoms with E-state index in [4.69, 9.17) is 14.2 Å². The average Bonchev–Trinajstić information content (AvgIpc) is 3.17. The van der Waals surface area contributed by atoms with Crippen LogP contribution in [0.5, 0.6) is 5.75 Å². The lowest BCUT2D eigenvalue weighted by atomic mass is 9.84. The Labute approximate surface area is 193 Å². The molecule has 2 aliphatic heterocycles. The monoisotopic (exact) mass is 476 g/mol. The van der Waals surface area contributed by atoms with Crippen molar-refractivity contribution in [1.82, 2.24) is 5.32 Å². The number of ether oxygens (including phenoxy) is 3. The van der Waals surface area contributed by atoms with Crippen LogP contribution in [-0.2, 0) is 24.3 Å². The molecule has 2 aliphatic rings. The van der Waals surface area contributed by atoms with Crippen LogP contribution in [-0.4, -0.2) is 64.6 Å². The molecule has 10 heteroatoms. The van der Waals surface area contributed by atoms with Crippen LogP contribution >= 0.6 is 0 Å². The molecule has 0 radical (unpaired) electrons. The molecule has 2 heterocycles. The molecule has 0 aliphatic carbocycles. The number of amides is 1. The molecule has 2 aromatic rings. The highest BCUT2D eigenvalue weighted by Crippen LogP contribution is 2.47. The Morgan fingerprint density at radius 3 is 2.73 bits per heavy atom. The van der Waals surface area contributed by atoms with Crippen LogP contribution in [0.3, 0.4) is 0 Å². The first-order valence-corrected chi connectivity index (χ1v) is 12.3. The third kappa shape index (κ3) is 5.30. The van der Waals surface area contributed by atoms with E-state index in [1.807, 2.05) is 0 Å². The van der Waals surface area contributed by atoms with E-state index in [1.165, 1.54) is 12.1 Å². The molecule has 1 fully saturated rings. The van der Waals surface area contributed by atoms with Crippen LogP contribution in [0.2, 0.25) is 0 Å². The van der Waals surface area contributed by atoms with Gasteiger partial charge in [0.25, 0.3) is 10.0 Å². The second-order valence-electron chi connectivity index (χ2n) is 8.12. The lowest BCUT2D eigenvalue weighted by Crippen LogP contribution is -2.47. The number of methoxy groups -OCH3 is 1. The van der Waals surface area contributed by atoms with Gasteiger partial charge in [-0.1, -0.05) is 18.2 Å². The lowest BCUT2D eigenvalue weighted by Gasteiger charge is -2.37. The first-order valence-electron chi connectivity index (χ1n) is 10.8. The lowest BCUT2D eigenvalue weighted by molar-refractivity contribution is -0.142. The number of rotatable bonds is 9. The first-order chi connectivity index (χ1) is 15.9. The maximum atomic E-state index is 12.7. The topological polar surface area (TPSA) is 123 Å². The van der Waals surface area contributed by atoms with Crippen molar-refractivity contribution >= 4 is 21.6 Å². The van der Waals surface area contributed by atoms with E-state index in [0.29, 0.717) is 31.0 Å². The van der Waals surface area contributed by atoms with Crippen molar-refractivity contribution in [2.24, 2.45) is 0 Å². The van der Waals surface area contributed by atoms with Gasteiger partial charge >= 0.3 is 0 Å². The Hall–Kier alpha value is -2.66. The molecule has 2 aromatic carbocycles. The van der Waals surface area contributed by atoms with Gasteiger partial charge in [-0.3, -0.25) is 9.52 Å². The fraction of sp³-hybridized carbons (Fsp3) is 0.435. The van der Waals surface area contributed by atoms with E-state index in [1.54, 1.807) is 43.5 Å². The number of sulfonamides is 1. The van der Waals surface area contributed by atoms with Gasteiger partial charge in [-0.15, -0.1) is 0 Å². The predicted molar refractivity (Wildman–Crippen MR) is 121 cm³/mol. The maximum Gasteiger partial charge on any atom is 0.261 e. The smallest absolute Gasteiger partial charge is 0.261 e. The van der Waals surface area contributed by atoms with Crippen molar-refractivity contribution < 1.29 is 32.5 Å². The van der Waals surface area contributed by atoms with Crippen LogP contribution in [0.25, 0.3) is 0 Å². The van der Waals surface area contributed by atoms with Gasteiger partial charge in [0.15, 0.2) is 0 Å². The molecule has 1 saturated heterocycles. The predicted octanol–water partition coefficient (Wildman–Crippen LogP) is 1.63. The summed E-state index contributed by atoms with van der Waals surface area (Å²) in [5.41, 5.74) is 1.25. The first kappa shape index (κ1) is 23.5. The number of hydrogen-bond acceptors (Lipinski definition) is 7. The van der Waals surface area contributed by atoms with Crippen molar-refractivity contribution in [1.29, 1.82) is 0 Å². The van der Waals surface area contributed by atoms with Gasteiger partial charge in [0.05, 0.1) is 30.6 Å². The normalized spacial score (nSPS) is 23.8. The van der Waals surface area contributed by atoms with E-state index in [0.717, 1.165) is 5.56 Å². The summed E-state index contributed by atoms with van der Waals surface area (Å²) >= 11 is 0. The number of aliphatic hydroxyl groups is 1. The summed E-state index contributed by atoms with van der Waals surface area (Å²) in [5.74, 6) is 0.333. The van der Waals surface area contributed by atoms with Gasteiger partial charge in [-0.2, -0.15) is 0 Å². The summed E-state index contributed by atoms with van der Waals surface area (Å²) in [6.45, 7) is 0.586. The zero-order valence-electron chi connectivity index (χ0n) is 18.3. The second-order valence-corrected chi connectivity index (χ2v) is 9.80. The number of fused-ring (bicyclic) bond motifs is 3. The number of carbonyl (C=O) groups excluding carboxylic acids is 1. The summed E-state index contributed by atoms with van der Waals surface area (Å²) in [6.07, 6.45) is -0.721. The van der Waals surface area contributed by atoms with Gasteiger partial charge in [-0.25, -0.2) is 8.42 Å². The van der Waals surface area contributed by atoms with E-state index in [9.17, 15) is 18.3 Å². The number of aliphatic hydroxyl groups excluding tert-OH is 1. The molecule has 9 nitrogen and oxygen atoms in total. The van der Waals surface area contributed by atoms with Crippen LogP contribution in [0.1, 0.15) is 24.3 Å². The third-order valence-corrected chi connectivity index (χ3v) is 7.24. The molecule has 4 rings (SSSR count). The van der Waals surface area contributed by atoms with Crippen LogP contribution in [0, 0.1) is 0 Å². The van der Waals surface area contributed by atoms with Gasteiger partial charge in [0, 0.05) is 30.8 Å².